The van der Waals surface area contributed by atoms with E-state index in [0.717, 1.165) is 14.6 Å². The van der Waals surface area contributed by atoms with Gasteiger partial charge in [-0.2, -0.15) is 0 Å². The summed E-state index contributed by atoms with van der Waals surface area (Å²) in [5, 5.41) is 3.21. The van der Waals surface area contributed by atoms with Crippen LogP contribution in [-0.2, 0) is 6.42 Å². The number of hydrogen-bond donors (Lipinski definition) is 0. The summed E-state index contributed by atoms with van der Waals surface area (Å²) < 4.78 is 0. The van der Waals surface area contributed by atoms with Crippen molar-refractivity contribution < 1.29 is 0 Å². The van der Waals surface area contributed by atoms with Gasteiger partial charge in [0.25, 0.3) is 0 Å². The van der Waals surface area contributed by atoms with Crippen LogP contribution >= 0.6 is 8.19 Å². The molecule has 0 N–H and O–H groups in total. The van der Waals surface area contributed by atoms with Crippen molar-refractivity contribution in [2.24, 2.45) is 0 Å². The van der Waals surface area contributed by atoms with Crippen LogP contribution in [0.4, 0.5) is 0 Å². The SMILES string of the molecule is CC/C=C1\C=Cc2[pH]c(CCC)cc21. The maximum atomic E-state index is 2.42. The molecule has 0 saturated carbocycles. The topological polar surface area (TPSA) is 0 Å². The quantitative estimate of drug-likeness (QED) is 0.680. The Morgan fingerprint density at radius 1 is 1.29 bits per heavy atom. The normalized spacial score (nSPS) is 17.1. The molecule has 0 spiro atoms. The van der Waals surface area contributed by atoms with E-state index in [4.69, 9.17) is 0 Å². The molecule has 0 nitrogen and oxygen atoms in total. The predicted octanol–water partition coefficient (Wildman–Crippen LogP) is 4.49. The molecule has 0 bridgehead atoms. The summed E-state index contributed by atoms with van der Waals surface area (Å²) in [6.45, 7) is 4.46. The van der Waals surface area contributed by atoms with Gasteiger partial charge in [0, 0.05) is 0 Å². The molecule has 0 aromatic carbocycles. The Labute approximate surface area is 87.8 Å². The van der Waals surface area contributed by atoms with E-state index >= 15 is 0 Å². The molecule has 1 heteroatoms. The van der Waals surface area contributed by atoms with Crippen molar-refractivity contribution in [3.63, 3.8) is 0 Å². The maximum Gasteiger partial charge on any atom is -0.000944 e. The van der Waals surface area contributed by atoms with Crippen molar-refractivity contribution in [1.29, 1.82) is 0 Å². The summed E-state index contributed by atoms with van der Waals surface area (Å²) >= 11 is 0. The summed E-state index contributed by atoms with van der Waals surface area (Å²) in [4.78, 5) is 0. The lowest BCUT2D eigenvalue weighted by Crippen LogP contribution is -1.76. The summed E-state index contributed by atoms with van der Waals surface area (Å²) in [5.41, 5.74) is 2.95. The van der Waals surface area contributed by atoms with Crippen molar-refractivity contribution in [3.8, 4) is 0 Å². The monoisotopic (exact) mass is 204 g/mol. The van der Waals surface area contributed by atoms with Crippen molar-refractivity contribution in [2.45, 2.75) is 33.1 Å². The molecule has 2 rings (SSSR count). The van der Waals surface area contributed by atoms with Crippen LogP contribution in [0.15, 0.2) is 18.2 Å². The highest BCUT2D eigenvalue weighted by atomic mass is 31.0. The van der Waals surface area contributed by atoms with E-state index in [1.54, 1.807) is 10.6 Å². The van der Waals surface area contributed by atoms with E-state index in [9.17, 15) is 0 Å². The van der Waals surface area contributed by atoms with Gasteiger partial charge in [-0.3, -0.25) is 0 Å². The molecule has 1 atom stereocenters. The van der Waals surface area contributed by atoms with Crippen molar-refractivity contribution in [3.05, 3.63) is 34.4 Å². The zero-order valence-electron chi connectivity index (χ0n) is 8.93. The molecule has 74 valence electrons. The molecular weight excluding hydrogens is 187 g/mol. The first-order valence-electron chi connectivity index (χ1n) is 5.45. The van der Waals surface area contributed by atoms with Crippen LogP contribution in [0.2, 0.25) is 0 Å². The highest BCUT2D eigenvalue weighted by Crippen LogP contribution is 2.39. The minimum atomic E-state index is 0.944. The first-order chi connectivity index (χ1) is 6.85. The molecule has 14 heavy (non-hydrogen) atoms. The largest absolute Gasteiger partial charge is 0.128 e. The number of allylic oxidation sites excluding steroid dienone is 3. The third-order valence-electron chi connectivity index (χ3n) is 2.59. The molecular formula is C13H17P. The minimum absolute atomic E-state index is 0.944. The fraction of sp³-hybridized carbons (Fsp3) is 0.385. The van der Waals surface area contributed by atoms with E-state index in [2.05, 4.69) is 38.1 Å². The minimum Gasteiger partial charge on any atom is -0.128 e. The van der Waals surface area contributed by atoms with Crippen LogP contribution in [0, 0.1) is 0 Å². The van der Waals surface area contributed by atoms with Gasteiger partial charge in [0.15, 0.2) is 0 Å². The molecule has 1 aliphatic carbocycles. The number of rotatable bonds is 3. The zero-order valence-corrected chi connectivity index (χ0v) is 9.93. The van der Waals surface area contributed by atoms with Gasteiger partial charge in [0.2, 0.25) is 0 Å². The Balaban J connectivity index is 2.31. The zero-order chi connectivity index (χ0) is 9.97. The Hall–Kier alpha value is -0.740. The van der Waals surface area contributed by atoms with Gasteiger partial charge in [0.1, 0.15) is 0 Å². The number of hydrogen-bond acceptors (Lipinski definition) is 0. The summed E-state index contributed by atoms with van der Waals surface area (Å²) in [5.74, 6) is 0. The molecule has 1 unspecified atom stereocenters. The van der Waals surface area contributed by atoms with Gasteiger partial charge in [-0.15, -0.1) is 8.19 Å². The van der Waals surface area contributed by atoms with Crippen LogP contribution in [0.5, 0.6) is 0 Å². The Morgan fingerprint density at radius 3 is 2.86 bits per heavy atom. The van der Waals surface area contributed by atoms with E-state index in [1.807, 2.05) is 0 Å². The third-order valence-corrected chi connectivity index (χ3v) is 4.01. The van der Waals surface area contributed by atoms with E-state index in [-0.39, 0.29) is 0 Å². The average Bonchev–Trinajstić information content (AvgIpc) is 2.69. The highest BCUT2D eigenvalue weighted by molar-refractivity contribution is 7.33. The van der Waals surface area contributed by atoms with Crippen LogP contribution in [0.1, 0.15) is 42.8 Å². The second-order valence-corrected chi connectivity index (χ2v) is 5.20. The van der Waals surface area contributed by atoms with Gasteiger partial charge in [-0.1, -0.05) is 38.5 Å². The fourth-order valence-electron chi connectivity index (χ4n) is 1.96. The van der Waals surface area contributed by atoms with Gasteiger partial charge in [-0.05, 0) is 40.6 Å². The lowest BCUT2D eigenvalue weighted by Gasteiger charge is -1.94. The van der Waals surface area contributed by atoms with Gasteiger partial charge in [0.05, 0.1) is 0 Å². The Kier molecular flexibility index (Phi) is 2.93. The summed E-state index contributed by atoms with van der Waals surface area (Å²) in [7, 11) is 0.944. The Morgan fingerprint density at radius 2 is 2.14 bits per heavy atom. The number of fused-ring (bicyclic) bond motifs is 1. The number of aryl methyl sites for hydroxylation is 1. The molecule has 1 aromatic heterocycles. The second-order valence-electron chi connectivity index (χ2n) is 3.77. The smallest absolute Gasteiger partial charge is 0.000944 e. The van der Waals surface area contributed by atoms with Crippen molar-refractivity contribution in [2.75, 3.05) is 0 Å². The third kappa shape index (κ3) is 1.72. The molecule has 0 amide bonds. The maximum absolute atomic E-state index is 2.42. The first-order valence-corrected chi connectivity index (χ1v) is 6.45. The van der Waals surface area contributed by atoms with E-state index in [1.165, 1.54) is 24.0 Å². The van der Waals surface area contributed by atoms with Crippen LogP contribution < -0.4 is 0 Å². The van der Waals surface area contributed by atoms with Gasteiger partial charge >= 0.3 is 0 Å². The molecule has 1 heterocycles. The molecule has 1 aromatic rings. The van der Waals surface area contributed by atoms with Crippen LogP contribution in [0.3, 0.4) is 0 Å². The predicted molar refractivity (Wildman–Crippen MR) is 67.2 cm³/mol. The molecule has 0 saturated heterocycles. The Bertz CT molecular complexity index is 380. The van der Waals surface area contributed by atoms with E-state index in [0.29, 0.717) is 0 Å². The lowest BCUT2D eigenvalue weighted by atomic mass is 10.1. The molecule has 0 aliphatic heterocycles. The average molecular weight is 204 g/mol. The van der Waals surface area contributed by atoms with E-state index < -0.39 is 0 Å². The van der Waals surface area contributed by atoms with Crippen LogP contribution in [0.25, 0.3) is 11.6 Å². The standard InChI is InChI=1S/C13H17P/c1-3-5-10-7-8-13-12(10)9-11(14-13)6-4-2/h5,7-9,14H,3-4,6H2,1-2H3/b10-5+. The molecule has 1 aliphatic rings. The first kappa shape index (κ1) is 9.80. The van der Waals surface area contributed by atoms with Crippen molar-refractivity contribution >= 4 is 19.8 Å². The van der Waals surface area contributed by atoms with Gasteiger partial charge in [-0.25, -0.2) is 0 Å². The van der Waals surface area contributed by atoms with Crippen molar-refractivity contribution in [1.82, 2.24) is 0 Å². The summed E-state index contributed by atoms with van der Waals surface area (Å²) in [6.07, 6.45) is 10.6. The van der Waals surface area contributed by atoms with Gasteiger partial charge < -0.3 is 0 Å². The lowest BCUT2D eigenvalue weighted by molar-refractivity contribution is 0.940. The molecule has 0 radical (unpaired) electrons. The highest BCUT2D eigenvalue weighted by Gasteiger charge is 2.12. The molecule has 0 fully saturated rings. The van der Waals surface area contributed by atoms with Crippen LogP contribution in [-0.4, -0.2) is 0 Å². The fourth-order valence-corrected chi connectivity index (χ4v) is 3.42. The summed E-state index contributed by atoms with van der Waals surface area (Å²) in [6, 6.07) is 2.42. The second kappa shape index (κ2) is 4.19.